The van der Waals surface area contributed by atoms with Gasteiger partial charge in [0, 0.05) is 31.2 Å². The second-order valence-electron chi connectivity index (χ2n) is 7.42. The lowest BCUT2D eigenvalue weighted by molar-refractivity contribution is 0.0167. The van der Waals surface area contributed by atoms with Crippen LogP contribution in [0.3, 0.4) is 0 Å². The quantitative estimate of drug-likeness (QED) is 0.778. The van der Waals surface area contributed by atoms with Crippen molar-refractivity contribution in [3.8, 4) is 0 Å². The largest absolute Gasteiger partial charge is 0.310 e. The van der Waals surface area contributed by atoms with Gasteiger partial charge in [0.2, 0.25) is 0 Å². The van der Waals surface area contributed by atoms with E-state index in [1.807, 2.05) is 0 Å². The Morgan fingerprint density at radius 3 is 2.26 bits per heavy atom. The molecule has 0 spiro atoms. The Hall–Kier alpha value is -0.340. The van der Waals surface area contributed by atoms with Gasteiger partial charge in [0.05, 0.1) is 0 Å². The van der Waals surface area contributed by atoms with Crippen molar-refractivity contribution in [3.05, 3.63) is 11.6 Å². The highest BCUT2D eigenvalue weighted by atomic mass is 15.3. The number of nitrogens with one attached hydrogen (secondary N) is 1. The summed E-state index contributed by atoms with van der Waals surface area (Å²) in [4.78, 5) is 2.71. The van der Waals surface area contributed by atoms with Crippen molar-refractivity contribution in [1.29, 1.82) is 0 Å². The summed E-state index contributed by atoms with van der Waals surface area (Å²) in [5.41, 5.74) is 2.09. The molecule has 0 aliphatic carbocycles. The maximum absolute atomic E-state index is 3.81. The van der Waals surface area contributed by atoms with Crippen LogP contribution in [0.25, 0.3) is 0 Å². The Kier molecular flexibility index (Phi) is 5.64. The van der Waals surface area contributed by atoms with Crippen molar-refractivity contribution in [1.82, 2.24) is 10.2 Å². The third kappa shape index (κ3) is 4.06. The van der Waals surface area contributed by atoms with Gasteiger partial charge in [0.15, 0.2) is 0 Å². The fourth-order valence-electron chi connectivity index (χ4n) is 2.99. The van der Waals surface area contributed by atoms with Gasteiger partial charge in [-0.1, -0.05) is 46.3 Å². The SMILES string of the molecule is CCC1(CC)CNC(C(C)(C)C)CN1CC=C(C)C. The molecular weight excluding hydrogens is 232 g/mol. The van der Waals surface area contributed by atoms with Crippen LogP contribution >= 0.6 is 0 Å². The van der Waals surface area contributed by atoms with Crippen molar-refractivity contribution in [2.45, 2.75) is 72.9 Å². The average Bonchev–Trinajstić information content (AvgIpc) is 2.34. The molecule has 0 radical (unpaired) electrons. The zero-order chi connectivity index (χ0) is 14.7. The maximum Gasteiger partial charge on any atom is 0.0332 e. The molecule has 0 saturated carbocycles. The van der Waals surface area contributed by atoms with Crippen LogP contribution in [0, 0.1) is 5.41 Å². The molecule has 0 aromatic carbocycles. The van der Waals surface area contributed by atoms with Crippen molar-refractivity contribution < 1.29 is 0 Å². The fraction of sp³-hybridized carbons (Fsp3) is 0.882. The Bertz CT molecular complexity index is 304. The van der Waals surface area contributed by atoms with E-state index in [0.29, 0.717) is 17.0 Å². The standard InChI is InChI=1S/C17H34N2/c1-8-17(9-2)13-18-15(16(5,6)7)12-19(17)11-10-14(3)4/h10,15,18H,8-9,11-13H2,1-7H3. The van der Waals surface area contributed by atoms with Crippen molar-refractivity contribution in [2.24, 2.45) is 5.41 Å². The molecule has 19 heavy (non-hydrogen) atoms. The van der Waals surface area contributed by atoms with Crippen LogP contribution in [0.1, 0.15) is 61.3 Å². The van der Waals surface area contributed by atoms with Gasteiger partial charge in [0.25, 0.3) is 0 Å². The maximum atomic E-state index is 3.81. The average molecular weight is 266 g/mol. The second-order valence-corrected chi connectivity index (χ2v) is 7.42. The first-order chi connectivity index (χ1) is 8.75. The normalized spacial score (nSPS) is 24.3. The summed E-state index contributed by atoms with van der Waals surface area (Å²) < 4.78 is 0. The van der Waals surface area contributed by atoms with Crippen molar-refractivity contribution in [3.63, 3.8) is 0 Å². The summed E-state index contributed by atoms with van der Waals surface area (Å²) in [5, 5.41) is 3.81. The molecule has 2 heteroatoms. The lowest BCUT2D eigenvalue weighted by atomic mass is 9.80. The minimum absolute atomic E-state index is 0.330. The highest BCUT2D eigenvalue weighted by Gasteiger charge is 2.41. The molecule has 0 bridgehead atoms. The van der Waals surface area contributed by atoms with Crippen LogP contribution in [0.4, 0.5) is 0 Å². The first-order valence-electron chi connectivity index (χ1n) is 7.87. The van der Waals surface area contributed by atoms with E-state index in [-0.39, 0.29) is 0 Å². The summed E-state index contributed by atoms with van der Waals surface area (Å²) >= 11 is 0. The number of allylic oxidation sites excluding steroid dienone is 1. The third-order valence-electron chi connectivity index (χ3n) is 4.83. The van der Waals surface area contributed by atoms with Crippen LogP contribution in [0.5, 0.6) is 0 Å². The van der Waals surface area contributed by atoms with Crippen LogP contribution in [-0.2, 0) is 0 Å². The third-order valence-corrected chi connectivity index (χ3v) is 4.83. The molecule has 1 atom stereocenters. The zero-order valence-electron chi connectivity index (χ0n) is 14.1. The molecule has 0 amide bonds. The van der Waals surface area contributed by atoms with Gasteiger partial charge in [0.1, 0.15) is 0 Å². The monoisotopic (exact) mass is 266 g/mol. The molecule has 0 aromatic rings. The van der Waals surface area contributed by atoms with Crippen molar-refractivity contribution >= 4 is 0 Å². The second kappa shape index (κ2) is 6.41. The smallest absolute Gasteiger partial charge is 0.0332 e. The summed E-state index contributed by atoms with van der Waals surface area (Å²) in [6.45, 7) is 19.5. The van der Waals surface area contributed by atoms with Gasteiger partial charge in [-0.3, -0.25) is 4.90 Å². The fourth-order valence-corrected chi connectivity index (χ4v) is 2.99. The lowest BCUT2D eigenvalue weighted by Gasteiger charge is -2.52. The summed E-state index contributed by atoms with van der Waals surface area (Å²) in [5.74, 6) is 0. The van der Waals surface area contributed by atoms with Gasteiger partial charge in [-0.05, 0) is 32.1 Å². The molecule has 1 unspecified atom stereocenters. The Balaban J connectivity index is 2.89. The van der Waals surface area contributed by atoms with E-state index >= 15 is 0 Å². The van der Waals surface area contributed by atoms with Crippen LogP contribution in [0.2, 0.25) is 0 Å². The van der Waals surface area contributed by atoms with Crippen LogP contribution in [0.15, 0.2) is 11.6 Å². The predicted molar refractivity (Wildman–Crippen MR) is 85.6 cm³/mol. The topological polar surface area (TPSA) is 15.3 Å². The molecule has 1 heterocycles. The molecule has 1 rings (SSSR count). The molecular formula is C17H34N2. The molecule has 112 valence electrons. The zero-order valence-corrected chi connectivity index (χ0v) is 14.1. The molecule has 2 nitrogen and oxygen atoms in total. The van der Waals surface area contributed by atoms with E-state index in [4.69, 9.17) is 0 Å². The lowest BCUT2D eigenvalue weighted by Crippen LogP contribution is -2.66. The number of rotatable bonds is 4. The number of hydrogen-bond acceptors (Lipinski definition) is 2. The minimum atomic E-state index is 0.330. The van der Waals surface area contributed by atoms with Gasteiger partial charge < -0.3 is 5.32 Å². The van der Waals surface area contributed by atoms with E-state index in [0.717, 1.165) is 19.6 Å². The number of piperazine rings is 1. The van der Waals surface area contributed by atoms with E-state index in [2.05, 4.69) is 64.8 Å². The van der Waals surface area contributed by atoms with E-state index in [1.165, 1.54) is 18.4 Å². The highest BCUT2D eigenvalue weighted by molar-refractivity contribution is 5.04. The molecule has 1 fully saturated rings. The predicted octanol–water partition coefficient (Wildman–Crippen LogP) is 3.83. The summed E-state index contributed by atoms with van der Waals surface area (Å²) in [6.07, 6.45) is 4.83. The number of nitrogens with zero attached hydrogens (tertiary/aromatic N) is 1. The van der Waals surface area contributed by atoms with Crippen molar-refractivity contribution in [2.75, 3.05) is 19.6 Å². The Morgan fingerprint density at radius 2 is 1.84 bits per heavy atom. The Morgan fingerprint density at radius 1 is 1.26 bits per heavy atom. The van der Waals surface area contributed by atoms with Gasteiger partial charge >= 0.3 is 0 Å². The van der Waals surface area contributed by atoms with Gasteiger partial charge in [-0.25, -0.2) is 0 Å². The molecule has 1 aliphatic heterocycles. The minimum Gasteiger partial charge on any atom is -0.310 e. The summed E-state index contributed by atoms with van der Waals surface area (Å²) in [7, 11) is 0. The number of hydrogen-bond donors (Lipinski definition) is 1. The van der Waals surface area contributed by atoms with E-state index in [1.54, 1.807) is 0 Å². The molecule has 1 N–H and O–H groups in total. The summed E-state index contributed by atoms with van der Waals surface area (Å²) in [6, 6.07) is 0.587. The van der Waals surface area contributed by atoms with E-state index < -0.39 is 0 Å². The molecule has 0 aromatic heterocycles. The van der Waals surface area contributed by atoms with Crippen LogP contribution in [-0.4, -0.2) is 36.1 Å². The molecule has 1 aliphatic rings. The van der Waals surface area contributed by atoms with Gasteiger partial charge in [-0.15, -0.1) is 0 Å². The Labute approximate surface area is 120 Å². The van der Waals surface area contributed by atoms with E-state index in [9.17, 15) is 0 Å². The van der Waals surface area contributed by atoms with Gasteiger partial charge in [-0.2, -0.15) is 0 Å². The first kappa shape index (κ1) is 16.7. The van der Waals surface area contributed by atoms with Crippen LogP contribution < -0.4 is 5.32 Å². The first-order valence-corrected chi connectivity index (χ1v) is 7.87. The highest BCUT2D eigenvalue weighted by Crippen LogP contribution is 2.31. The molecule has 1 saturated heterocycles.